The van der Waals surface area contributed by atoms with Crippen molar-refractivity contribution in [3.05, 3.63) is 65.2 Å². The Balaban J connectivity index is 1.54. The molecule has 3 heterocycles. The largest absolute Gasteiger partial charge is 0.307 e. The van der Waals surface area contributed by atoms with E-state index in [1.165, 1.54) is 16.1 Å². The number of aromatic nitrogens is 2. The van der Waals surface area contributed by atoms with Crippen LogP contribution in [0.5, 0.6) is 0 Å². The predicted octanol–water partition coefficient (Wildman–Crippen LogP) is 3.89. The summed E-state index contributed by atoms with van der Waals surface area (Å²) in [5.74, 6) is 0. The van der Waals surface area contributed by atoms with Crippen LogP contribution in [0.25, 0.3) is 10.6 Å². The minimum atomic E-state index is 0.398. The first-order chi connectivity index (χ1) is 10.9. The Morgan fingerprint density at radius 1 is 1.18 bits per heavy atom. The molecule has 1 aromatic carbocycles. The predicted molar refractivity (Wildman–Crippen MR) is 91.0 cm³/mol. The summed E-state index contributed by atoms with van der Waals surface area (Å²) in [6.07, 6.45) is 2.21. The summed E-state index contributed by atoms with van der Waals surface area (Å²) in [4.78, 5) is 1.25. The highest BCUT2D eigenvalue weighted by Gasteiger charge is 2.22. The molecule has 3 nitrogen and oxygen atoms in total. The Bertz CT molecular complexity index is 731. The quantitative estimate of drug-likeness (QED) is 0.792. The van der Waals surface area contributed by atoms with E-state index in [1.54, 1.807) is 11.3 Å². The Kier molecular flexibility index (Phi) is 3.79. The summed E-state index contributed by atoms with van der Waals surface area (Å²) < 4.78 is 2.18. The van der Waals surface area contributed by atoms with Crippen molar-refractivity contribution in [2.75, 3.05) is 6.54 Å². The van der Waals surface area contributed by atoms with E-state index in [1.807, 2.05) is 0 Å². The molecule has 1 aliphatic heterocycles. The molecular formula is C18H19N3S. The highest BCUT2D eigenvalue weighted by atomic mass is 32.1. The van der Waals surface area contributed by atoms with Crippen molar-refractivity contribution in [2.45, 2.75) is 25.4 Å². The molecular weight excluding hydrogens is 290 g/mol. The van der Waals surface area contributed by atoms with Crippen LogP contribution >= 0.6 is 11.3 Å². The number of nitrogens with one attached hydrogen (secondary N) is 1. The van der Waals surface area contributed by atoms with Crippen molar-refractivity contribution in [1.82, 2.24) is 15.1 Å². The van der Waals surface area contributed by atoms with Crippen LogP contribution in [0.1, 0.15) is 23.7 Å². The molecule has 1 aliphatic rings. The first-order valence-electron chi connectivity index (χ1n) is 7.79. The molecule has 0 spiro atoms. The molecule has 4 rings (SSSR count). The van der Waals surface area contributed by atoms with Crippen LogP contribution in [0.4, 0.5) is 0 Å². The van der Waals surface area contributed by atoms with E-state index in [2.05, 4.69) is 63.9 Å². The van der Waals surface area contributed by atoms with Gasteiger partial charge in [-0.1, -0.05) is 36.4 Å². The number of rotatable bonds is 4. The fraction of sp³-hybridized carbons (Fsp3) is 0.278. The molecule has 2 aromatic heterocycles. The first-order valence-corrected chi connectivity index (χ1v) is 8.67. The normalized spacial score (nSPS) is 17.4. The molecule has 0 amide bonds. The third-order valence-electron chi connectivity index (χ3n) is 4.22. The average Bonchev–Trinajstić information content (AvgIpc) is 3.22. The number of nitrogens with zero attached hydrogens (tertiary/aromatic N) is 2. The monoisotopic (exact) mass is 309 g/mol. The van der Waals surface area contributed by atoms with Crippen molar-refractivity contribution in [1.29, 1.82) is 0 Å². The van der Waals surface area contributed by atoms with Gasteiger partial charge in [0.05, 0.1) is 17.1 Å². The van der Waals surface area contributed by atoms with Crippen LogP contribution in [0.3, 0.4) is 0 Å². The van der Waals surface area contributed by atoms with Crippen LogP contribution in [0.15, 0.2) is 53.9 Å². The zero-order chi connectivity index (χ0) is 14.8. The van der Waals surface area contributed by atoms with Crippen molar-refractivity contribution in [2.24, 2.45) is 0 Å². The Morgan fingerprint density at radius 3 is 2.91 bits per heavy atom. The summed E-state index contributed by atoms with van der Waals surface area (Å²) in [6.45, 7) is 1.96. The van der Waals surface area contributed by atoms with Gasteiger partial charge in [-0.15, -0.1) is 11.3 Å². The molecule has 0 bridgehead atoms. The second-order valence-corrected chi connectivity index (χ2v) is 6.63. The lowest BCUT2D eigenvalue weighted by Gasteiger charge is -2.25. The van der Waals surface area contributed by atoms with Crippen molar-refractivity contribution in [3.63, 3.8) is 0 Å². The SMILES string of the molecule is c1ccc(CC[C@@H]2NCCn3nc(-c4cccs4)cc32)cc1. The second kappa shape index (κ2) is 6.07. The third kappa shape index (κ3) is 2.72. The Labute approximate surface area is 134 Å². The fourth-order valence-corrected chi connectivity index (χ4v) is 3.77. The maximum Gasteiger partial charge on any atom is 0.103 e. The lowest BCUT2D eigenvalue weighted by Crippen LogP contribution is -2.33. The van der Waals surface area contributed by atoms with Gasteiger partial charge in [0.25, 0.3) is 0 Å². The van der Waals surface area contributed by atoms with E-state index in [-0.39, 0.29) is 0 Å². The van der Waals surface area contributed by atoms with Gasteiger partial charge in [0.1, 0.15) is 5.69 Å². The summed E-state index contributed by atoms with van der Waals surface area (Å²) in [5.41, 5.74) is 3.84. The summed E-state index contributed by atoms with van der Waals surface area (Å²) >= 11 is 1.75. The minimum absolute atomic E-state index is 0.398. The molecule has 1 N–H and O–H groups in total. The fourth-order valence-electron chi connectivity index (χ4n) is 3.09. The molecule has 0 aliphatic carbocycles. The van der Waals surface area contributed by atoms with Gasteiger partial charge in [0.2, 0.25) is 0 Å². The van der Waals surface area contributed by atoms with Crippen molar-refractivity contribution >= 4 is 11.3 Å². The number of benzene rings is 1. The van der Waals surface area contributed by atoms with Crippen LogP contribution < -0.4 is 5.32 Å². The van der Waals surface area contributed by atoms with Crippen molar-refractivity contribution in [3.8, 4) is 10.6 Å². The number of hydrogen-bond donors (Lipinski definition) is 1. The number of thiophene rings is 1. The van der Waals surface area contributed by atoms with Crippen molar-refractivity contribution < 1.29 is 0 Å². The maximum atomic E-state index is 4.79. The zero-order valence-corrected chi connectivity index (χ0v) is 13.2. The second-order valence-electron chi connectivity index (χ2n) is 5.69. The van der Waals surface area contributed by atoms with Crippen LogP contribution in [0, 0.1) is 0 Å². The third-order valence-corrected chi connectivity index (χ3v) is 5.11. The number of hydrogen-bond acceptors (Lipinski definition) is 3. The zero-order valence-electron chi connectivity index (χ0n) is 12.4. The topological polar surface area (TPSA) is 29.9 Å². The molecule has 0 fully saturated rings. The van der Waals surface area contributed by atoms with Gasteiger partial charge in [-0.25, -0.2) is 0 Å². The summed E-state index contributed by atoms with van der Waals surface area (Å²) in [6, 6.07) is 17.6. The molecule has 1 atom stereocenters. The van der Waals surface area contributed by atoms with Crippen LogP contribution in [-0.4, -0.2) is 16.3 Å². The Morgan fingerprint density at radius 2 is 2.09 bits per heavy atom. The molecule has 0 radical (unpaired) electrons. The van der Waals surface area contributed by atoms with E-state index in [4.69, 9.17) is 5.10 Å². The number of aryl methyl sites for hydroxylation is 1. The van der Waals surface area contributed by atoms with Gasteiger partial charge in [-0.3, -0.25) is 4.68 Å². The van der Waals surface area contributed by atoms with Gasteiger partial charge in [-0.05, 0) is 35.9 Å². The molecule has 0 unspecified atom stereocenters. The van der Waals surface area contributed by atoms with Gasteiger partial charge < -0.3 is 5.32 Å². The lowest BCUT2D eigenvalue weighted by atomic mass is 10.0. The smallest absolute Gasteiger partial charge is 0.103 e. The lowest BCUT2D eigenvalue weighted by molar-refractivity contribution is 0.385. The summed E-state index contributed by atoms with van der Waals surface area (Å²) in [7, 11) is 0. The molecule has 0 saturated heterocycles. The molecule has 4 heteroatoms. The van der Waals surface area contributed by atoms with E-state index in [0.29, 0.717) is 6.04 Å². The summed E-state index contributed by atoms with van der Waals surface area (Å²) in [5, 5.41) is 10.5. The highest BCUT2D eigenvalue weighted by Crippen LogP contribution is 2.29. The van der Waals surface area contributed by atoms with E-state index < -0.39 is 0 Å². The average molecular weight is 309 g/mol. The molecule has 3 aromatic rings. The van der Waals surface area contributed by atoms with Gasteiger partial charge in [-0.2, -0.15) is 5.10 Å². The van der Waals surface area contributed by atoms with E-state index in [9.17, 15) is 0 Å². The highest BCUT2D eigenvalue weighted by molar-refractivity contribution is 7.13. The maximum absolute atomic E-state index is 4.79. The minimum Gasteiger partial charge on any atom is -0.307 e. The van der Waals surface area contributed by atoms with Gasteiger partial charge in [0.15, 0.2) is 0 Å². The van der Waals surface area contributed by atoms with E-state index in [0.717, 1.165) is 31.6 Å². The Hall–Kier alpha value is -1.91. The molecule has 22 heavy (non-hydrogen) atoms. The van der Waals surface area contributed by atoms with Gasteiger partial charge >= 0.3 is 0 Å². The number of fused-ring (bicyclic) bond motifs is 1. The molecule has 112 valence electrons. The van der Waals surface area contributed by atoms with Crippen LogP contribution in [0.2, 0.25) is 0 Å². The van der Waals surface area contributed by atoms with Gasteiger partial charge in [0, 0.05) is 12.6 Å². The van der Waals surface area contributed by atoms with Crippen LogP contribution in [-0.2, 0) is 13.0 Å². The molecule has 0 saturated carbocycles. The first kappa shape index (κ1) is 13.7. The standard InChI is InChI=1S/C18H19N3S/c1-2-5-14(6-3-1)8-9-15-17-13-16(18-7-4-12-22-18)20-21(17)11-10-19-15/h1-7,12-13,15,19H,8-11H2/t15-/m0/s1. The van der Waals surface area contributed by atoms with E-state index >= 15 is 0 Å².